The summed E-state index contributed by atoms with van der Waals surface area (Å²) in [6.45, 7) is 3.17. The Labute approximate surface area is 263 Å². The second-order valence-electron chi connectivity index (χ2n) is 10.1. The second kappa shape index (κ2) is 15.3. The summed E-state index contributed by atoms with van der Waals surface area (Å²) in [6, 6.07) is 17.6. The fraction of sp³-hybridized carbons (Fsp3) is 0.355. The Bertz CT molecular complexity index is 1520. The van der Waals surface area contributed by atoms with E-state index in [-0.39, 0.29) is 30.6 Å². The van der Waals surface area contributed by atoms with Crippen LogP contribution in [0.3, 0.4) is 0 Å². The number of sulfonamides is 1. The molecular weight excluding hydrogens is 613 g/mol. The molecule has 0 bridgehead atoms. The van der Waals surface area contributed by atoms with E-state index in [9.17, 15) is 18.0 Å². The average Bonchev–Trinajstić information content (AvgIpc) is 2.97. The van der Waals surface area contributed by atoms with E-state index in [0.717, 1.165) is 16.1 Å². The highest BCUT2D eigenvalue weighted by molar-refractivity contribution is 7.92. The van der Waals surface area contributed by atoms with Crippen molar-refractivity contribution in [2.75, 3.05) is 31.3 Å². The molecule has 0 aliphatic heterocycles. The summed E-state index contributed by atoms with van der Waals surface area (Å²) >= 11 is 12.6. The van der Waals surface area contributed by atoms with E-state index in [2.05, 4.69) is 5.32 Å². The van der Waals surface area contributed by atoms with Crippen LogP contribution in [0.15, 0.2) is 66.7 Å². The smallest absolute Gasteiger partial charge is 0.244 e. The number of carbonyl (C=O) groups excluding carboxylic acids is 2. The van der Waals surface area contributed by atoms with Crippen LogP contribution in [0.25, 0.3) is 0 Å². The van der Waals surface area contributed by atoms with E-state index in [0.29, 0.717) is 33.5 Å². The first kappa shape index (κ1) is 34.0. The lowest BCUT2D eigenvalue weighted by Gasteiger charge is -2.34. The van der Waals surface area contributed by atoms with Crippen LogP contribution in [0.4, 0.5) is 5.69 Å². The summed E-state index contributed by atoms with van der Waals surface area (Å²) in [6.07, 6.45) is 1.88. The van der Waals surface area contributed by atoms with Gasteiger partial charge in [0.15, 0.2) is 11.5 Å². The van der Waals surface area contributed by atoms with Gasteiger partial charge < -0.3 is 19.7 Å². The number of methoxy groups -OCH3 is 2. The molecule has 3 aromatic rings. The van der Waals surface area contributed by atoms with Crippen LogP contribution >= 0.6 is 23.2 Å². The van der Waals surface area contributed by atoms with Crippen LogP contribution in [0.5, 0.6) is 11.5 Å². The zero-order chi connectivity index (χ0) is 31.7. The first-order chi connectivity index (χ1) is 20.4. The molecule has 0 saturated heterocycles. The van der Waals surface area contributed by atoms with Gasteiger partial charge in [-0.15, -0.1) is 0 Å². The van der Waals surface area contributed by atoms with Crippen molar-refractivity contribution in [2.45, 2.75) is 45.3 Å². The lowest BCUT2D eigenvalue weighted by molar-refractivity contribution is -0.140. The van der Waals surface area contributed by atoms with E-state index in [1.165, 1.54) is 31.3 Å². The third kappa shape index (κ3) is 9.26. The number of nitrogens with zero attached hydrogens (tertiary/aromatic N) is 2. The molecule has 0 spiro atoms. The van der Waals surface area contributed by atoms with Gasteiger partial charge in [-0.05, 0) is 48.7 Å². The average molecular weight is 651 g/mol. The van der Waals surface area contributed by atoms with Gasteiger partial charge in [0, 0.05) is 35.1 Å². The molecule has 0 aliphatic carbocycles. The predicted molar refractivity (Wildman–Crippen MR) is 171 cm³/mol. The third-order valence-electron chi connectivity index (χ3n) is 6.96. The highest BCUT2D eigenvalue weighted by Gasteiger charge is 2.34. The van der Waals surface area contributed by atoms with E-state index in [4.69, 9.17) is 32.7 Å². The van der Waals surface area contributed by atoms with Gasteiger partial charge in [-0.25, -0.2) is 8.42 Å². The Morgan fingerprint density at radius 1 is 0.953 bits per heavy atom. The molecule has 0 aliphatic rings. The standard InChI is InChI=1S/C31H37Cl2N3O6S/c1-6-21(2)34-31(38)27(16-22-10-8-7-9-11-22)35(19-23-12-13-24(32)17-26(23)33)30(37)20-36(43(5,39)40)25-14-15-28(41-3)29(18-25)42-4/h7-15,17-18,21,27H,6,16,19-20H2,1-5H3,(H,34,38)/t21-,27+/m0/s1. The summed E-state index contributed by atoms with van der Waals surface area (Å²) in [5.41, 5.74) is 1.57. The number of carbonyl (C=O) groups is 2. The summed E-state index contributed by atoms with van der Waals surface area (Å²) < 4.78 is 37.7. The molecule has 232 valence electrons. The van der Waals surface area contributed by atoms with Crippen LogP contribution in [-0.2, 0) is 32.6 Å². The van der Waals surface area contributed by atoms with Crippen molar-refractivity contribution in [3.63, 3.8) is 0 Å². The van der Waals surface area contributed by atoms with Gasteiger partial charge in [-0.3, -0.25) is 13.9 Å². The largest absolute Gasteiger partial charge is 0.493 e. The van der Waals surface area contributed by atoms with E-state index in [1.807, 2.05) is 44.2 Å². The number of ether oxygens (including phenoxy) is 2. The minimum Gasteiger partial charge on any atom is -0.493 e. The van der Waals surface area contributed by atoms with Gasteiger partial charge in [0.1, 0.15) is 12.6 Å². The molecular formula is C31H37Cl2N3O6S. The maximum atomic E-state index is 14.2. The zero-order valence-electron chi connectivity index (χ0n) is 24.8. The van der Waals surface area contributed by atoms with Gasteiger partial charge in [-0.1, -0.05) is 66.5 Å². The molecule has 2 atom stereocenters. The third-order valence-corrected chi connectivity index (χ3v) is 8.69. The maximum absolute atomic E-state index is 14.2. The SMILES string of the molecule is CC[C@H](C)NC(=O)[C@@H](Cc1ccccc1)N(Cc1ccc(Cl)cc1Cl)C(=O)CN(c1ccc(OC)c(OC)c1)S(C)(=O)=O. The van der Waals surface area contributed by atoms with Crippen LogP contribution in [0, 0.1) is 0 Å². The van der Waals surface area contributed by atoms with Gasteiger partial charge in [-0.2, -0.15) is 0 Å². The van der Waals surface area contributed by atoms with Gasteiger partial charge >= 0.3 is 0 Å². The minimum absolute atomic E-state index is 0.0657. The number of hydrogen-bond donors (Lipinski definition) is 1. The fourth-order valence-corrected chi connectivity index (χ4v) is 5.73. The number of anilines is 1. The van der Waals surface area contributed by atoms with Crippen LogP contribution in [0.2, 0.25) is 10.0 Å². The Hall–Kier alpha value is -3.47. The number of amides is 2. The van der Waals surface area contributed by atoms with Crippen molar-refractivity contribution in [1.82, 2.24) is 10.2 Å². The molecule has 12 heteroatoms. The molecule has 3 rings (SSSR count). The Morgan fingerprint density at radius 2 is 1.63 bits per heavy atom. The minimum atomic E-state index is -3.96. The monoisotopic (exact) mass is 649 g/mol. The lowest BCUT2D eigenvalue weighted by atomic mass is 10.0. The van der Waals surface area contributed by atoms with E-state index >= 15 is 0 Å². The molecule has 3 aromatic carbocycles. The van der Waals surface area contributed by atoms with Crippen LogP contribution in [-0.4, -0.2) is 64.2 Å². The zero-order valence-corrected chi connectivity index (χ0v) is 27.2. The Balaban J connectivity index is 2.11. The summed E-state index contributed by atoms with van der Waals surface area (Å²) in [4.78, 5) is 29.4. The molecule has 2 amide bonds. The molecule has 43 heavy (non-hydrogen) atoms. The van der Waals surface area contributed by atoms with E-state index < -0.39 is 28.5 Å². The fourth-order valence-electron chi connectivity index (χ4n) is 4.42. The molecule has 9 nitrogen and oxygen atoms in total. The van der Waals surface area contributed by atoms with Crippen molar-refractivity contribution < 1.29 is 27.5 Å². The van der Waals surface area contributed by atoms with Crippen molar-refractivity contribution in [3.05, 3.63) is 87.9 Å². The molecule has 0 aromatic heterocycles. The summed E-state index contributed by atoms with van der Waals surface area (Å²) in [5, 5.41) is 3.72. The van der Waals surface area contributed by atoms with Gasteiger partial charge in [0.25, 0.3) is 0 Å². The Kier molecular flexibility index (Phi) is 12.1. The molecule has 0 unspecified atom stereocenters. The number of hydrogen-bond acceptors (Lipinski definition) is 6. The molecule has 0 fully saturated rings. The quantitative estimate of drug-likeness (QED) is 0.253. The number of nitrogens with one attached hydrogen (secondary N) is 1. The molecule has 1 N–H and O–H groups in total. The second-order valence-corrected chi connectivity index (χ2v) is 12.8. The van der Waals surface area contributed by atoms with Crippen molar-refractivity contribution in [3.8, 4) is 11.5 Å². The summed E-state index contributed by atoms with van der Waals surface area (Å²) in [5.74, 6) is -0.282. The molecule has 0 saturated carbocycles. The number of rotatable bonds is 14. The number of benzene rings is 3. The predicted octanol–water partition coefficient (Wildman–Crippen LogP) is 5.33. The topological polar surface area (TPSA) is 105 Å². The molecule has 0 radical (unpaired) electrons. The highest BCUT2D eigenvalue weighted by Crippen LogP contribution is 2.33. The first-order valence-corrected chi connectivity index (χ1v) is 16.3. The Morgan fingerprint density at radius 3 is 2.21 bits per heavy atom. The van der Waals surface area contributed by atoms with Crippen molar-refractivity contribution in [2.24, 2.45) is 0 Å². The van der Waals surface area contributed by atoms with Crippen LogP contribution in [0.1, 0.15) is 31.4 Å². The number of halogens is 2. The van der Waals surface area contributed by atoms with Crippen LogP contribution < -0.4 is 19.1 Å². The maximum Gasteiger partial charge on any atom is 0.244 e. The van der Waals surface area contributed by atoms with Gasteiger partial charge in [0.05, 0.1) is 26.2 Å². The van der Waals surface area contributed by atoms with E-state index in [1.54, 1.807) is 24.3 Å². The normalized spacial score (nSPS) is 12.6. The first-order valence-electron chi connectivity index (χ1n) is 13.6. The lowest BCUT2D eigenvalue weighted by Crippen LogP contribution is -2.54. The van der Waals surface area contributed by atoms with Crippen molar-refractivity contribution >= 4 is 50.7 Å². The van der Waals surface area contributed by atoms with Crippen molar-refractivity contribution in [1.29, 1.82) is 0 Å². The molecule has 0 heterocycles. The highest BCUT2D eigenvalue weighted by atomic mass is 35.5. The van der Waals surface area contributed by atoms with Gasteiger partial charge in [0.2, 0.25) is 21.8 Å². The summed E-state index contributed by atoms with van der Waals surface area (Å²) in [7, 11) is -1.07.